The quantitative estimate of drug-likeness (QED) is 0.788. The summed E-state index contributed by atoms with van der Waals surface area (Å²) in [5.41, 5.74) is 5.30. The molecule has 98 valence electrons. The number of anilines is 1. The van der Waals surface area contributed by atoms with Gasteiger partial charge in [-0.15, -0.1) is 0 Å². The van der Waals surface area contributed by atoms with E-state index in [0.717, 1.165) is 19.1 Å². The number of ether oxygens (including phenoxy) is 1. The maximum Gasteiger partial charge on any atom is 0.250 e. The number of nitrogens with two attached hydrogens (primary N) is 1. The van der Waals surface area contributed by atoms with Crippen molar-refractivity contribution in [1.82, 2.24) is 4.98 Å². The molecule has 0 unspecified atom stereocenters. The standard InChI is InChI=1S/C10H13N3O4S/c1-18(15,16)13-10-8(17-7-2-3-7)4-6(5-12-10)9(11)14/h4-5,7H,2-3H2,1H3,(H2,11,14)(H,12,13). The summed E-state index contributed by atoms with van der Waals surface area (Å²) in [5, 5.41) is 0. The zero-order chi connectivity index (χ0) is 13.3. The van der Waals surface area contributed by atoms with Gasteiger partial charge < -0.3 is 10.5 Å². The number of primary amides is 1. The monoisotopic (exact) mass is 271 g/mol. The minimum atomic E-state index is -3.46. The average Bonchev–Trinajstić information content (AvgIpc) is 3.02. The van der Waals surface area contributed by atoms with Crippen LogP contribution in [0, 0.1) is 0 Å². The highest BCUT2D eigenvalue weighted by Crippen LogP contribution is 2.31. The Morgan fingerprint density at radius 2 is 2.22 bits per heavy atom. The summed E-state index contributed by atoms with van der Waals surface area (Å²) < 4.78 is 30.1. The van der Waals surface area contributed by atoms with Crippen molar-refractivity contribution >= 4 is 21.7 Å². The SMILES string of the molecule is CS(=O)(=O)Nc1ncc(C(N)=O)cc1OC1CC1. The third kappa shape index (κ3) is 3.33. The summed E-state index contributed by atoms with van der Waals surface area (Å²) in [6, 6.07) is 1.39. The van der Waals surface area contributed by atoms with Crippen LogP contribution in [0.1, 0.15) is 23.2 Å². The summed E-state index contributed by atoms with van der Waals surface area (Å²) in [5.74, 6) is -0.359. The van der Waals surface area contributed by atoms with E-state index in [2.05, 4.69) is 9.71 Å². The summed E-state index contributed by atoms with van der Waals surface area (Å²) in [6.07, 6.45) is 4.07. The molecule has 1 aromatic rings. The predicted molar refractivity (Wildman–Crippen MR) is 64.9 cm³/mol. The van der Waals surface area contributed by atoms with Crippen LogP contribution in [0.25, 0.3) is 0 Å². The molecular formula is C10H13N3O4S. The number of nitrogens with one attached hydrogen (secondary N) is 1. The highest BCUT2D eigenvalue weighted by Gasteiger charge is 2.26. The zero-order valence-corrected chi connectivity index (χ0v) is 10.5. The molecule has 1 aliphatic rings. The van der Waals surface area contributed by atoms with Gasteiger partial charge in [0, 0.05) is 6.20 Å². The highest BCUT2D eigenvalue weighted by atomic mass is 32.2. The number of aromatic nitrogens is 1. The molecule has 0 bridgehead atoms. The van der Waals surface area contributed by atoms with Gasteiger partial charge in [-0.25, -0.2) is 13.4 Å². The normalized spacial score (nSPS) is 15.2. The summed E-state index contributed by atoms with van der Waals surface area (Å²) >= 11 is 0. The van der Waals surface area contributed by atoms with Gasteiger partial charge in [-0.1, -0.05) is 0 Å². The fourth-order valence-corrected chi connectivity index (χ4v) is 1.79. The molecule has 0 radical (unpaired) electrons. The molecule has 0 spiro atoms. The van der Waals surface area contributed by atoms with Crippen LogP contribution >= 0.6 is 0 Å². The fourth-order valence-electron chi connectivity index (χ4n) is 1.29. The second-order valence-corrected chi connectivity index (χ2v) is 5.87. The Bertz CT molecular complexity index is 581. The Hall–Kier alpha value is -1.83. The van der Waals surface area contributed by atoms with Gasteiger partial charge in [-0.05, 0) is 18.9 Å². The fraction of sp³-hybridized carbons (Fsp3) is 0.400. The number of carbonyl (C=O) groups excluding carboxylic acids is 1. The Balaban J connectivity index is 2.34. The molecule has 1 saturated carbocycles. The van der Waals surface area contributed by atoms with Crippen LogP contribution < -0.4 is 15.2 Å². The molecule has 18 heavy (non-hydrogen) atoms. The molecule has 0 aliphatic heterocycles. The number of pyridine rings is 1. The molecular weight excluding hydrogens is 258 g/mol. The van der Waals surface area contributed by atoms with Gasteiger partial charge in [0.2, 0.25) is 15.9 Å². The van der Waals surface area contributed by atoms with Crippen molar-refractivity contribution in [2.45, 2.75) is 18.9 Å². The molecule has 1 amide bonds. The van der Waals surface area contributed by atoms with Crippen molar-refractivity contribution in [3.8, 4) is 5.75 Å². The van der Waals surface area contributed by atoms with E-state index in [9.17, 15) is 13.2 Å². The Morgan fingerprint density at radius 1 is 1.56 bits per heavy atom. The van der Waals surface area contributed by atoms with Crippen LogP contribution in [0.5, 0.6) is 5.75 Å². The van der Waals surface area contributed by atoms with Crippen molar-refractivity contribution in [1.29, 1.82) is 0 Å². The molecule has 0 saturated heterocycles. The van der Waals surface area contributed by atoms with Gasteiger partial charge in [0.25, 0.3) is 0 Å². The lowest BCUT2D eigenvalue weighted by atomic mass is 10.2. The molecule has 1 aromatic heterocycles. The van der Waals surface area contributed by atoms with Gasteiger partial charge in [-0.2, -0.15) is 0 Å². The van der Waals surface area contributed by atoms with E-state index in [4.69, 9.17) is 10.5 Å². The van der Waals surface area contributed by atoms with Gasteiger partial charge in [0.1, 0.15) is 0 Å². The molecule has 8 heteroatoms. The van der Waals surface area contributed by atoms with Crippen LogP contribution in [-0.2, 0) is 10.0 Å². The first-order chi connectivity index (χ1) is 8.35. The van der Waals surface area contributed by atoms with Gasteiger partial charge >= 0.3 is 0 Å². The van der Waals surface area contributed by atoms with E-state index in [1.54, 1.807) is 0 Å². The number of rotatable bonds is 5. The van der Waals surface area contributed by atoms with Crippen molar-refractivity contribution in [3.05, 3.63) is 17.8 Å². The molecule has 2 rings (SSSR count). The number of amides is 1. The molecule has 7 nitrogen and oxygen atoms in total. The number of hydrogen-bond acceptors (Lipinski definition) is 5. The van der Waals surface area contributed by atoms with Gasteiger partial charge in [0.05, 0.1) is 17.9 Å². The number of sulfonamides is 1. The van der Waals surface area contributed by atoms with Crippen molar-refractivity contribution in [3.63, 3.8) is 0 Å². The van der Waals surface area contributed by atoms with Crippen molar-refractivity contribution in [2.75, 3.05) is 11.0 Å². The van der Waals surface area contributed by atoms with E-state index >= 15 is 0 Å². The van der Waals surface area contributed by atoms with Crippen LogP contribution in [0.15, 0.2) is 12.3 Å². The molecule has 1 heterocycles. The largest absolute Gasteiger partial charge is 0.486 e. The van der Waals surface area contributed by atoms with Crippen LogP contribution in [-0.4, -0.2) is 31.7 Å². The highest BCUT2D eigenvalue weighted by molar-refractivity contribution is 7.92. The minimum Gasteiger partial charge on any atom is -0.486 e. The second kappa shape index (κ2) is 4.45. The smallest absolute Gasteiger partial charge is 0.250 e. The third-order valence-electron chi connectivity index (χ3n) is 2.24. The topological polar surface area (TPSA) is 111 Å². The minimum absolute atomic E-state index is 0.0510. The first kappa shape index (κ1) is 12.6. The number of nitrogens with zero attached hydrogens (tertiary/aromatic N) is 1. The van der Waals surface area contributed by atoms with E-state index < -0.39 is 15.9 Å². The van der Waals surface area contributed by atoms with Gasteiger partial charge in [-0.3, -0.25) is 9.52 Å². The van der Waals surface area contributed by atoms with Gasteiger partial charge in [0.15, 0.2) is 11.6 Å². The second-order valence-electron chi connectivity index (χ2n) is 4.13. The predicted octanol–water partition coefficient (Wildman–Crippen LogP) is 0.0932. The van der Waals surface area contributed by atoms with E-state index in [1.165, 1.54) is 12.3 Å². The number of hydrogen-bond donors (Lipinski definition) is 2. The lowest BCUT2D eigenvalue weighted by Crippen LogP contribution is -2.15. The molecule has 1 fully saturated rings. The van der Waals surface area contributed by atoms with Crippen LogP contribution in [0.4, 0.5) is 5.82 Å². The maximum atomic E-state index is 11.2. The van der Waals surface area contributed by atoms with E-state index in [0.29, 0.717) is 0 Å². The average molecular weight is 271 g/mol. The first-order valence-corrected chi connectivity index (χ1v) is 7.18. The lowest BCUT2D eigenvalue weighted by molar-refractivity contribution is 0.0999. The summed E-state index contributed by atoms with van der Waals surface area (Å²) in [7, 11) is -3.46. The third-order valence-corrected chi connectivity index (χ3v) is 2.80. The number of carbonyl (C=O) groups is 1. The van der Waals surface area contributed by atoms with Crippen molar-refractivity contribution in [2.24, 2.45) is 5.73 Å². The molecule has 3 N–H and O–H groups in total. The molecule has 1 aliphatic carbocycles. The van der Waals surface area contributed by atoms with E-state index in [-0.39, 0.29) is 23.2 Å². The molecule has 0 aromatic carbocycles. The van der Waals surface area contributed by atoms with Crippen LogP contribution in [0.2, 0.25) is 0 Å². The van der Waals surface area contributed by atoms with Crippen molar-refractivity contribution < 1.29 is 17.9 Å². The molecule has 0 atom stereocenters. The van der Waals surface area contributed by atoms with Crippen LogP contribution in [0.3, 0.4) is 0 Å². The van der Waals surface area contributed by atoms with E-state index in [1.807, 2.05) is 0 Å². The Morgan fingerprint density at radius 3 is 2.72 bits per heavy atom. The first-order valence-electron chi connectivity index (χ1n) is 5.29. The Labute approximate surface area is 104 Å². The maximum absolute atomic E-state index is 11.2. The summed E-state index contributed by atoms with van der Waals surface area (Å²) in [4.78, 5) is 14.9. The Kier molecular flexibility index (Phi) is 3.12. The summed E-state index contributed by atoms with van der Waals surface area (Å²) in [6.45, 7) is 0. The zero-order valence-electron chi connectivity index (χ0n) is 9.71. The lowest BCUT2D eigenvalue weighted by Gasteiger charge is -2.11.